The molecule has 0 heterocycles. The molecule has 124 valence electrons. The van der Waals surface area contributed by atoms with Crippen LogP contribution in [0.25, 0.3) is 0 Å². The molecule has 5 heteroatoms. The highest BCUT2D eigenvalue weighted by atomic mass is 32.2. The highest BCUT2D eigenvalue weighted by Gasteiger charge is 2.55. The Bertz CT molecular complexity index is 588. The molecule has 1 aromatic carbocycles. The molecule has 0 saturated heterocycles. The van der Waals surface area contributed by atoms with Crippen molar-refractivity contribution in [2.45, 2.75) is 64.1 Å². The number of hydrogen-bond donors (Lipinski definition) is 0. The Hall–Kier alpha value is -0.910. The Morgan fingerprint density at radius 2 is 1.68 bits per heavy atom. The molecule has 4 nitrogen and oxygen atoms in total. The first-order valence-electron chi connectivity index (χ1n) is 8.01. The maximum Gasteiger partial charge on any atom is 0.297 e. The number of rotatable bonds is 7. The Labute approximate surface area is 134 Å². The Morgan fingerprint density at radius 1 is 1.09 bits per heavy atom. The van der Waals surface area contributed by atoms with Gasteiger partial charge in [0.2, 0.25) is 0 Å². The van der Waals surface area contributed by atoms with Crippen LogP contribution in [0, 0.1) is 12.3 Å². The summed E-state index contributed by atoms with van der Waals surface area (Å²) in [5, 5.41) is 0. The Balaban J connectivity index is 2.17. The van der Waals surface area contributed by atoms with Crippen molar-refractivity contribution in [1.29, 1.82) is 0 Å². The maximum absolute atomic E-state index is 12.5. The van der Waals surface area contributed by atoms with Gasteiger partial charge in [0, 0.05) is 18.4 Å². The van der Waals surface area contributed by atoms with E-state index in [2.05, 4.69) is 13.8 Å². The van der Waals surface area contributed by atoms with Gasteiger partial charge >= 0.3 is 0 Å². The number of benzene rings is 1. The van der Waals surface area contributed by atoms with E-state index in [1.165, 1.54) is 0 Å². The summed E-state index contributed by atoms with van der Waals surface area (Å²) >= 11 is 0. The fraction of sp³-hybridized carbons (Fsp3) is 0.647. The lowest BCUT2D eigenvalue weighted by atomic mass is 9.60. The third-order valence-electron chi connectivity index (χ3n) is 4.95. The standard InChI is InChI=1S/C17H26O4S/c1-5-17(6-2)15(20-7-3)12-16(17)21-22(18,19)14-10-8-13(4)9-11-14/h8-11,15-16H,5-7,12H2,1-4H3. The van der Waals surface area contributed by atoms with Crippen molar-refractivity contribution in [3.05, 3.63) is 29.8 Å². The average molecular weight is 326 g/mol. The predicted octanol–water partition coefficient (Wildman–Crippen LogP) is 3.68. The summed E-state index contributed by atoms with van der Waals surface area (Å²) < 4.78 is 36.3. The average Bonchev–Trinajstić information content (AvgIpc) is 2.48. The molecule has 0 aliphatic heterocycles. The molecule has 1 saturated carbocycles. The summed E-state index contributed by atoms with van der Waals surface area (Å²) in [6, 6.07) is 6.77. The smallest absolute Gasteiger partial charge is 0.297 e. The molecular weight excluding hydrogens is 300 g/mol. The van der Waals surface area contributed by atoms with Gasteiger partial charge in [0.15, 0.2) is 0 Å². The molecule has 1 aliphatic rings. The molecule has 0 spiro atoms. The van der Waals surface area contributed by atoms with Crippen LogP contribution in [-0.4, -0.2) is 27.2 Å². The number of hydrogen-bond acceptors (Lipinski definition) is 4. The van der Waals surface area contributed by atoms with Gasteiger partial charge in [-0.1, -0.05) is 31.5 Å². The minimum absolute atomic E-state index is 0.0886. The molecule has 2 rings (SSSR count). The van der Waals surface area contributed by atoms with Crippen molar-refractivity contribution in [2.24, 2.45) is 5.41 Å². The molecule has 1 aromatic rings. The molecular formula is C17H26O4S. The van der Waals surface area contributed by atoms with Gasteiger partial charge < -0.3 is 4.74 Å². The molecule has 0 amide bonds. The summed E-state index contributed by atoms with van der Waals surface area (Å²) in [5.74, 6) is 0. The third kappa shape index (κ3) is 3.07. The van der Waals surface area contributed by atoms with Gasteiger partial charge in [-0.3, -0.25) is 4.18 Å². The van der Waals surface area contributed by atoms with Gasteiger partial charge in [0.25, 0.3) is 10.1 Å². The minimum Gasteiger partial charge on any atom is -0.378 e. The van der Waals surface area contributed by atoms with Crippen molar-refractivity contribution >= 4 is 10.1 Å². The van der Waals surface area contributed by atoms with Gasteiger partial charge in [-0.05, 0) is 38.8 Å². The van der Waals surface area contributed by atoms with Gasteiger partial charge in [-0.15, -0.1) is 0 Å². The molecule has 2 atom stereocenters. The summed E-state index contributed by atoms with van der Waals surface area (Å²) in [7, 11) is -3.72. The first-order chi connectivity index (χ1) is 10.4. The zero-order chi connectivity index (χ0) is 16.4. The van der Waals surface area contributed by atoms with Gasteiger partial charge in [-0.25, -0.2) is 0 Å². The fourth-order valence-corrected chi connectivity index (χ4v) is 4.51. The zero-order valence-electron chi connectivity index (χ0n) is 13.8. The Kier molecular flexibility index (Phi) is 5.30. The predicted molar refractivity (Wildman–Crippen MR) is 86.3 cm³/mol. The molecule has 1 fully saturated rings. The van der Waals surface area contributed by atoms with Crippen LogP contribution in [0.15, 0.2) is 29.2 Å². The molecule has 22 heavy (non-hydrogen) atoms. The minimum atomic E-state index is -3.72. The van der Waals surface area contributed by atoms with E-state index < -0.39 is 10.1 Å². The topological polar surface area (TPSA) is 52.6 Å². The van der Waals surface area contributed by atoms with E-state index in [0.29, 0.717) is 13.0 Å². The normalized spacial score (nSPS) is 24.0. The van der Waals surface area contributed by atoms with Crippen LogP contribution in [0.3, 0.4) is 0 Å². The van der Waals surface area contributed by atoms with Crippen molar-refractivity contribution in [3.63, 3.8) is 0 Å². The second-order valence-electron chi connectivity index (χ2n) is 5.97. The van der Waals surface area contributed by atoms with E-state index in [0.717, 1.165) is 18.4 Å². The second-order valence-corrected chi connectivity index (χ2v) is 7.54. The highest BCUT2D eigenvalue weighted by molar-refractivity contribution is 7.86. The molecule has 0 bridgehead atoms. The summed E-state index contributed by atoms with van der Waals surface area (Å²) in [4.78, 5) is 0.221. The van der Waals surface area contributed by atoms with Crippen LogP contribution in [-0.2, 0) is 19.0 Å². The number of aryl methyl sites for hydroxylation is 1. The van der Waals surface area contributed by atoms with Crippen molar-refractivity contribution in [3.8, 4) is 0 Å². The molecule has 2 unspecified atom stereocenters. The van der Waals surface area contributed by atoms with Crippen molar-refractivity contribution in [1.82, 2.24) is 0 Å². The first kappa shape index (κ1) is 17.4. The number of ether oxygens (including phenoxy) is 1. The Morgan fingerprint density at radius 3 is 2.18 bits per heavy atom. The maximum atomic E-state index is 12.5. The lowest BCUT2D eigenvalue weighted by Gasteiger charge is -2.54. The third-order valence-corrected chi connectivity index (χ3v) is 6.28. The van der Waals surface area contributed by atoms with E-state index in [-0.39, 0.29) is 22.5 Å². The monoisotopic (exact) mass is 326 g/mol. The molecule has 0 aromatic heterocycles. The van der Waals surface area contributed by atoms with Crippen LogP contribution >= 0.6 is 0 Å². The first-order valence-corrected chi connectivity index (χ1v) is 9.42. The van der Waals surface area contributed by atoms with E-state index in [1.54, 1.807) is 24.3 Å². The lowest BCUT2D eigenvalue weighted by Crippen LogP contribution is -2.59. The van der Waals surface area contributed by atoms with Gasteiger partial charge in [0.05, 0.1) is 17.1 Å². The van der Waals surface area contributed by atoms with E-state index >= 15 is 0 Å². The van der Waals surface area contributed by atoms with Gasteiger partial charge in [0.1, 0.15) is 0 Å². The van der Waals surface area contributed by atoms with Crippen LogP contribution in [0.2, 0.25) is 0 Å². The van der Waals surface area contributed by atoms with Crippen LogP contribution in [0.1, 0.15) is 45.6 Å². The van der Waals surface area contributed by atoms with Crippen LogP contribution < -0.4 is 0 Å². The summed E-state index contributed by atoms with van der Waals surface area (Å²) in [5.41, 5.74) is 0.823. The quantitative estimate of drug-likeness (QED) is 0.717. The lowest BCUT2D eigenvalue weighted by molar-refractivity contribution is -0.182. The second kappa shape index (κ2) is 6.69. The fourth-order valence-electron chi connectivity index (χ4n) is 3.36. The van der Waals surface area contributed by atoms with Crippen molar-refractivity contribution in [2.75, 3.05) is 6.61 Å². The van der Waals surface area contributed by atoms with Crippen LogP contribution in [0.5, 0.6) is 0 Å². The molecule has 1 aliphatic carbocycles. The summed E-state index contributed by atoms with van der Waals surface area (Å²) in [6.45, 7) is 8.68. The summed E-state index contributed by atoms with van der Waals surface area (Å²) in [6.07, 6.45) is 2.13. The zero-order valence-corrected chi connectivity index (χ0v) is 14.7. The van der Waals surface area contributed by atoms with Crippen LogP contribution in [0.4, 0.5) is 0 Å². The van der Waals surface area contributed by atoms with Gasteiger partial charge in [-0.2, -0.15) is 8.42 Å². The largest absolute Gasteiger partial charge is 0.378 e. The SMILES string of the molecule is CCOC1CC(OS(=O)(=O)c2ccc(C)cc2)C1(CC)CC. The van der Waals surface area contributed by atoms with E-state index in [1.807, 2.05) is 13.8 Å². The van der Waals surface area contributed by atoms with E-state index in [4.69, 9.17) is 8.92 Å². The highest BCUT2D eigenvalue weighted by Crippen LogP contribution is 2.51. The van der Waals surface area contributed by atoms with E-state index in [9.17, 15) is 8.42 Å². The molecule has 0 radical (unpaired) electrons. The molecule has 0 N–H and O–H groups in total. The van der Waals surface area contributed by atoms with Crippen molar-refractivity contribution < 1.29 is 17.3 Å².